The predicted molar refractivity (Wildman–Crippen MR) is 179 cm³/mol. The average molecular weight is 631 g/mol. The number of carbonyl (C=O) groups excluding carboxylic acids is 1. The zero-order valence-electron chi connectivity index (χ0n) is 26.4. The van der Waals surface area contributed by atoms with Crippen LogP contribution in [0.2, 0.25) is 5.02 Å². The molecule has 10 nitrogen and oxygen atoms in total. The van der Waals surface area contributed by atoms with Crippen LogP contribution in [0.25, 0.3) is 16.6 Å². The summed E-state index contributed by atoms with van der Waals surface area (Å²) in [5.74, 6) is 2.46. The smallest absolute Gasteiger partial charge is 0.216 e. The highest BCUT2D eigenvalue weighted by Crippen LogP contribution is 2.29. The van der Waals surface area contributed by atoms with Gasteiger partial charge in [-0.05, 0) is 79.9 Å². The van der Waals surface area contributed by atoms with Crippen molar-refractivity contribution in [3.05, 3.63) is 112 Å². The number of nitrogens with one attached hydrogen (secondary N) is 1. The molecule has 1 amide bonds. The average Bonchev–Trinajstić information content (AvgIpc) is 3.34. The molecule has 0 atom stereocenters. The largest absolute Gasteiger partial charge is 0.497 e. The van der Waals surface area contributed by atoms with Crippen LogP contribution < -0.4 is 10.1 Å². The molecule has 0 spiro atoms. The van der Waals surface area contributed by atoms with Gasteiger partial charge in [0.25, 0.3) is 0 Å². The minimum absolute atomic E-state index is 0.0169. The SMILES string of the molecule is CC(=O)NCCc1ccc2ncc(C)cc2c1.CO.CO.COc1ccc2c(c1)C(c1ccc(Cl)cc1)=NCc1nnc(C)n1-2. The third-order valence-electron chi connectivity index (χ3n) is 6.76. The molecule has 0 fully saturated rings. The van der Waals surface area contributed by atoms with E-state index in [2.05, 4.69) is 38.7 Å². The van der Waals surface area contributed by atoms with Crippen LogP contribution >= 0.6 is 11.6 Å². The molecule has 3 aromatic carbocycles. The lowest BCUT2D eigenvalue weighted by molar-refractivity contribution is -0.118. The molecule has 1 aliphatic heterocycles. The maximum absolute atomic E-state index is 10.8. The van der Waals surface area contributed by atoms with Crippen LogP contribution in [0.5, 0.6) is 5.75 Å². The fourth-order valence-electron chi connectivity index (χ4n) is 4.77. The van der Waals surface area contributed by atoms with Crippen molar-refractivity contribution in [3.63, 3.8) is 0 Å². The number of amides is 1. The first kappa shape index (κ1) is 34.8. The van der Waals surface area contributed by atoms with E-state index in [1.165, 1.54) is 12.5 Å². The maximum atomic E-state index is 10.8. The molecule has 3 heterocycles. The summed E-state index contributed by atoms with van der Waals surface area (Å²) < 4.78 is 7.45. The molecule has 0 saturated carbocycles. The Kier molecular flexibility index (Phi) is 13.2. The number of nitrogens with zero attached hydrogens (tertiary/aromatic N) is 5. The number of aliphatic imine (C=N–C) groups is 1. The Morgan fingerprint density at radius 1 is 0.978 bits per heavy atom. The van der Waals surface area contributed by atoms with Crippen molar-refractivity contribution < 1.29 is 19.7 Å². The Hall–Kier alpha value is -4.64. The second-order valence-electron chi connectivity index (χ2n) is 9.83. The Morgan fingerprint density at radius 2 is 1.71 bits per heavy atom. The Balaban J connectivity index is 0.000000232. The highest BCUT2D eigenvalue weighted by atomic mass is 35.5. The summed E-state index contributed by atoms with van der Waals surface area (Å²) in [6.07, 6.45) is 2.72. The van der Waals surface area contributed by atoms with Crippen molar-refractivity contribution in [2.75, 3.05) is 27.9 Å². The summed E-state index contributed by atoms with van der Waals surface area (Å²) in [6.45, 7) is 6.66. The fourth-order valence-corrected chi connectivity index (χ4v) is 4.89. The van der Waals surface area contributed by atoms with Gasteiger partial charge < -0.3 is 20.3 Å². The molecule has 6 rings (SSSR count). The zero-order chi connectivity index (χ0) is 32.9. The van der Waals surface area contributed by atoms with Crippen LogP contribution in [-0.2, 0) is 17.8 Å². The van der Waals surface area contributed by atoms with Gasteiger partial charge in [-0.15, -0.1) is 10.2 Å². The number of hydrogen-bond donors (Lipinski definition) is 3. The van der Waals surface area contributed by atoms with Crippen LogP contribution in [-0.4, -0.2) is 69.5 Å². The maximum Gasteiger partial charge on any atom is 0.216 e. The molecule has 0 aliphatic carbocycles. The second kappa shape index (κ2) is 17.0. The number of ether oxygens (including phenoxy) is 1. The molecule has 3 N–H and O–H groups in total. The second-order valence-corrected chi connectivity index (χ2v) is 10.3. The minimum Gasteiger partial charge on any atom is -0.497 e. The number of pyridine rings is 1. The van der Waals surface area contributed by atoms with Crippen LogP contribution in [0.1, 0.15) is 40.8 Å². The van der Waals surface area contributed by atoms with Crippen LogP contribution in [0.4, 0.5) is 0 Å². The number of methoxy groups -OCH3 is 1. The quantitative estimate of drug-likeness (QED) is 0.248. The van der Waals surface area contributed by atoms with Gasteiger partial charge in [0.05, 0.1) is 24.0 Å². The number of aliphatic hydroxyl groups is 2. The number of fused-ring (bicyclic) bond motifs is 4. The van der Waals surface area contributed by atoms with Crippen LogP contribution in [0.15, 0.2) is 77.9 Å². The van der Waals surface area contributed by atoms with Gasteiger partial charge in [0.2, 0.25) is 5.91 Å². The summed E-state index contributed by atoms with van der Waals surface area (Å²) in [7, 11) is 3.66. The number of carbonyl (C=O) groups is 1. The van der Waals surface area contributed by atoms with Gasteiger partial charge in [-0.3, -0.25) is 19.3 Å². The predicted octanol–water partition coefficient (Wildman–Crippen LogP) is 5.03. The number of rotatable bonds is 5. The number of aromatic nitrogens is 4. The zero-order valence-corrected chi connectivity index (χ0v) is 27.1. The van der Waals surface area contributed by atoms with E-state index >= 15 is 0 Å². The number of hydrogen-bond acceptors (Lipinski definition) is 8. The van der Waals surface area contributed by atoms with Crippen LogP contribution in [0.3, 0.4) is 0 Å². The van der Waals surface area contributed by atoms with Gasteiger partial charge in [-0.1, -0.05) is 29.8 Å². The van der Waals surface area contributed by atoms with E-state index in [1.54, 1.807) is 7.11 Å². The first-order valence-electron chi connectivity index (χ1n) is 14.2. The molecule has 1 aliphatic rings. The summed E-state index contributed by atoms with van der Waals surface area (Å²) in [5.41, 5.74) is 7.28. The summed E-state index contributed by atoms with van der Waals surface area (Å²) in [4.78, 5) is 19.9. The molecule has 236 valence electrons. The summed E-state index contributed by atoms with van der Waals surface area (Å²) in [6, 6.07) is 22.0. The summed E-state index contributed by atoms with van der Waals surface area (Å²) in [5, 5.41) is 27.1. The Bertz CT molecular complexity index is 1750. The van der Waals surface area contributed by atoms with E-state index in [-0.39, 0.29) is 5.91 Å². The van der Waals surface area contributed by atoms with Gasteiger partial charge in [-0.25, -0.2) is 0 Å². The molecule has 5 aromatic rings. The number of benzene rings is 3. The molecule has 2 aromatic heterocycles. The van der Waals surface area contributed by atoms with Crippen molar-refractivity contribution in [1.29, 1.82) is 0 Å². The Labute approximate surface area is 268 Å². The van der Waals surface area contributed by atoms with Crippen molar-refractivity contribution in [2.24, 2.45) is 4.99 Å². The number of aryl methyl sites for hydroxylation is 2. The third-order valence-corrected chi connectivity index (χ3v) is 7.01. The molecule has 0 radical (unpaired) electrons. The topological polar surface area (TPSA) is 135 Å². The Morgan fingerprint density at radius 3 is 2.40 bits per heavy atom. The fraction of sp³-hybridized carbons (Fsp3) is 0.265. The molecule has 45 heavy (non-hydrogen) atoms. The van der Waals surface area contributed by atoms with E-state index in [1.807, 2.05) is 73.1 Å². The van der Waals surface area contributed by atoms with Crippen molar-refractivity contribution in [2.45, 2.75) is 33.7 Å². The third kappa shape index (κ3) is 8.95. The standard InChI is InChI=1S/C18H15ClN4O.C14H16N2O.2CH4O/c1-11-21-22-17-10-20-18(12-3-5-13(19)6-4-12)15-9-14(24-2)7-8-16(15)23(11)17;1-10-7-13-8-12(5-6-15-11(2)17)3-4-14(13)16-9-10;2*1-2/h3-9H,10H2,1-2H3;3-4,7-9H,5-6H2,1-2H3,(H,15,17);2*2H,1H3. The van der Waals surface area contributed by atoms with Crippen molar-refractivity contribution in [3.8, 4) is 11.4 Å². The van der Waals surface area contributed by atoms with Gasteiger partial charge in [0.1, 0.15) is 18.1 Å². The van der Waals surface area contributed by atoms with E-state index in [0.717, 1.165) is 77.0 Å². The molecule has 0 unspecified atom stereocenters. The van der Waals surface area contributed by atoms with E-state index in [0.29, 0.717) is 18.1 Å². The van der Waals surface area contributed by atoms with Gasteiger partial charge in [0.15, 0.2) is 5.82 Å². The van der Waals surface area contributed by atoms with E-state index in [9.17, 15) is 4.79 Å². The van der Waals surface area contributed by atoms with E-state index in [4.69, 9.17) is 31.5 Å². The normalized spacial score (nSPS) is 11.1. The van der Waals surface area contributed by atoms with Gasteiger partial charge >= 0.3 is 0 Å². The van der Waals surface area contributed by atoms with Gasteiger partial charge in [0, 0.05) is 55.4 Å². The first-order chi connectivity index (χ1) is 21.8. The highest BCUT2D eigenvalue weighted by Gasteiger charge is 2.22. The number of aliphatic hydroxyl groups excluding tert-OH is 2. The van der Waals surface area contributed by atoms with Crippen molar-refractivity contribution >= 4 is 34.1 Å². The molecule has 0 bridgehead atoms. The number of halogens is 1. The molecular formula is C34H39ClN6O4. The highest BCUT2D eigenvalue weighted by molar-refractivity contribution is 6.30. The van der Waals surface area contributed by atoms with Crippen molar-refractivity contribution in [1.82, 2.24) is 25.1 Å². The van der Waals surface area contributed by atoms with Gasteiger partial charge in [-0.2, -0.15) is 0 Å². The lowest BCUT2D eigenvalue weighted by Gasteiger charge is -2.14. The molecule has 0 saturated heterocycles. The monoisotopic (exact) mass is 630 g/mol. The van der Waals surface area contributed by atoms with E-state index < -0.39 is 0 Å². The molecule has 11 heteroatoms. The van der Waals surface area contributed by atoms with Crippen LogP contribution in [0, 0.1) is 13.8 Å². The first-order valence-corrected chi connectivity index (χ1v) is 14.6. The summed E-state index contributed by atoms with van der Waals surface area (Å²) >= 11 is 6.02. The lowest BCUT2D eigenvalue weighted by Crippen LogP contribution is -2.22. The minimum atomic E-state index is 0.0169. The molecular weight excluding hydrogens is 592 g/mol. The lowest BCUT2D eigenvalue weighted by atomic mass is 10.00.